The third-order valence-electron chi connectivity index (χ3n) is 4.08. The Balaban J connectivity index is 2.01. The molecule has 0 saturated heterocycles. The van der Waals surface area contributed by atoms with E-state index in [-0.39, 0.29) is 5.75 Å². The molecule has 9 heteroatoms. The lowest BCUT2D eigenvalue weighted by atomic mass is 10.1. The molecule has 0 saturated carbocycles. The number of aromatic nitrogens is 2. The molecule has 0 aliphatic heterocycles. The molecular formula is C21H18BrN3O5. The van der Waals surface area contributed by atoms with E-state index in [0.717, 1.165) is 5.52 Å². The molecule has 154 valence electrons. The van der Waals surface area contributed by atoms with Gasteiger partial charge in [-0.1, -0.05) is 15.9 Å². The largest absolute Gasteiger partial charge is 0.497 e. The average Bonchev–Trinajstić information content (AvgIpc) is 3.15. The number of carboxylic acid groups (broad SMARTS) is 1. The fourth-order valence-corrected chi connectivity index (χ4v) is 3.17. The van der Waals surface area contributed by atoms with E-state index in [0.29, 0.717) is 45.1 Å². The van der Waals surface area contributed by atoms with Crippen molar-refractivity contribution in [3.63, 3.8) is 0 Å². The molecule has 3 rings (SSSR count). The molecule has 1 aromatic heterocycles. The van der Waals surface area contributed by atoms with Gasteiger partial charge in [-0.3, -0.25) is 0 Å². The Kier molecular flexibility index (Phi) is 6.59. The van der Waals surface area contributed by atoms with Crippen molar-refractivity contribution in [2.24, 2.45) is 0 Å². The zero-order valence-corrected chi connectivity index (χ0v) is 17.8. The van der Waals surface area contributed by atoms with Crippen LogP contribution in [-0.2, 0) is 4.79 Å². The number of hydrogen-bond acceptors (Lipinski definition) is 6. The van der Waals surface area contributed by atoms with E-state index in [9.17, 15) is 10.1 Å². The number of carboxylic acids is 1. The molecule has 30 heavy (non-hydrogen) atoms. The number of fused-ring (bicyclic) bond motifs is 1. The van der Waals surface area contributed by atoms with Crippen molar-refractivity contribution in [1.29, 1.82) is 5.26 Å². The number of allylic oxidation sites excluding steroid dienone is 1. The molecule has 8 nitrogen and oxygen atoms in total. The highest BCUT2D eigenvalue weighted by atomic mass is 79.9. The lowest BCUT2D eigenvalue weighted by Crippen LogP contribution is -2.10. The van der Waals surface area contributed by atoms with Crippen molar-refractivity contribution in [3.05, 3.63) is 46.2 Å². The van der Waals surface area contributed by atoms with Crippen molar-refractivity contribution in [2.45, 2.75) is 6.92 Å². The number of hydrogen-bond donors (Lipinski definition) is 2. The van der Waals surface area contributed by atoms with Gasteiger partial charge in [0.05, 0.1) is 30.3 Å². The first-order valence-corrected chi connectivity index (χ1v) is 9.71. The predicted octanol–water partition coefficient (Wildman–Crippen LogP) is 4.26. The zero-order valence-electron chi connectivity index (χ0n) is 16.2. The quantitative estimate of drug-likeness (QED) is 0.471. The molecule has 0 aliphatic carbocycles. The van der Waals surface area contributed by atoms with Gasteiger partial charge < -0.3 is 24.3 Å². The minimum absolute atomic E-state index is 0.289. The first-order valence-electron chi connectivity index (χ1n) is 8.92. The maximum Gasteiger partial charge on any atom is 0.341 e. The van der Waals surface area contributed by atoms with Crippen LogP contribution in [0.5, 0.6) is 17.2 Å². The second-order valence-electron chi connectivity index (χ2n) is 6.07. The second-order valence-corrected chi connectivity index (χ2v) is 6.93. The van der Waals surface area contributed by atoms with Gasteiger partial charge in [0.2, 0.25) is 0 Å². The highest BCUT2D eigenvalue weighted by molar-refractivity contribution is 9.10. The average molecular weight is 472 g/mol. The summed E-state index contributed by atoms with van der Waals surface area (Å²) < 4.78 is 16.7. The topological polar surface area (TPSA) is 117 Å². The van der Waals surface area contributed by atoms with Crippen LogP contribution in [0.2, 0.25) is 0 Å². The Labute approximate surface area is 180 Å². The smallest absolute Gasteiger partial charge is 0.341 e. The van der Waals surface area contributed by atoms with Gasteiger partial charge >= 0.3 is 5.97 Å². The Bertz CT molecular complexity index is 1160. The fourth-order valence-electron chi connectivity index (χ4n) is 2.73. The maximum atomic E-state index is 10.8. The molecule has 0 unspecified atom stereocenters. The van der Waals surface area contributed by atoms with E-state index < -0.39 is 12.6 Å². The molecule has 0 amide bonds. The number of aliphatic carboxylic acids is 1. The minimum Gasteiger partial charge on any atom is -0.497 e. The molecule has 0 fully saturated rings. The molecular weight excluding hydrogens is 454 g/mol. The molecule has 2 N–H and O–H groups in total. The number of methoxy groups -OCH3 is 1. The number of rotatable bonds is 8. The molecule has 0 spiro atoms. The van der Waals surface area contributed by atoms with Gasteiger partial charge in [-0.05, 0) is 42.8 Å². The van der Waals surface area contributed by atoms with Crippen LogP contribution in [0.4, 0.5) is 0 Å². The SMILES string of the molecule is CCOc1cc(/C=C(/C#N)c2nc3ccc(OC)cc3[nH]2)c(Br)cc1OCC(=O)O. The van der Waals surface area contributed by atoms with Gasteiger partial charge in [0.25, 0.3) is 0 Å². The summed E-state index contributed by atoms with van der Waals surface area (Å²) in [7, 11) is 1.58. The van der Waals surface area contributed by atoms with E-state index >= 15 is 0 Å². The standard InChI is InChI=1S/C21H18BrN3O5/c1-3-29-18-7-12(15(22)9-19(18)30-11-20(26)27)6-13(10-23)21-24-16-5-4-14(28-2)8-17(16)25-21/h4-9H,3,11H2,1-2H3,(H,24,25)(H,26,27)/b13-6-. The summed E-state index contributed by atoms with van der Waals surface area (Å²) in [5, 5.41) is 18.5. The number of halogens is 1. The van der Waals surface area contributed by atoms with Crippen LogP contribution in [0.1, 0.15) is 18.3 Å². The van der Waals surface area contributed by atoms with Crippen LogP contribution in [0.3, 0.4) is 0 Å². The van der Waals surface area contributed by atoms with Crippen molar-refractivity contribution >= 4 is 44.6 Å². The third-order valence-corrected chi connectivity index (χ3v) is 4.77. The molecule has 0 radical (unpaired) electrons. The number of nitrogens with one attached hydrogen (secondary N) is 1. The summed E-state index contributed by atoms with van der Waals surface area (Å²) in [4.78, 5) is 18.4. The highest BCUT2D eigenvalue weighted by Crippen LogP contribution is 2.35. The van der Waals surface area contributed by atoms with E-state index in [2.05, 4.69) is 32.0 Å². The van der Waals surface area contributed by atoms with Gasteiger partial charge in [0.1, 0.15) is 17.6 Å². The second kappa shape index (κ2) is 9.33. The molecule has 0 atom stereocenters. The molecule has 0 aliphatic rings. The van der Waals surface area contributed by atoms with Gasteiger partial charge in [-0.2, -0.15) is 5.26 Å². The molecule has 2 aromatic carbocycles. The maximum absolute atomic E-state index is 10.8. The number of carbonyl (C=O) groups is 1. The zero-order chi connectivity index (χ0) is 21.7. The van der Waals surface area contributed by atoms with Crippen molar-refractivity contribution in [3.8, 4) is 23.3 Å². The first kappa shape index (κ1) is 21.2. The predicted molar refractivity (Wildman–Crippen MR) is 115 cm³/mol. The van der Waals surface area contributed by atoms with Crippen LogP contribution in [0.25, 0.3) is 22.7 Å². The van der Waals surface area contributed by atoms with Gasteiger partial charge in [0, 0.05) is 10.5 Å². The number of aromatic amines is 1. The van der Waals surface area contributed by atoms with E-state index in [4.69, 9.17) is 19.3 Å². The van der Waals surface area contributed by atoms with Crippen LogP contribution >= 0.6 is 15.9 Å². The Morgan fingerprint density at radius 3 is 2.73 bits per heavy atom. The summed E-state index contributed by atoms with van der Waals surface area (Å²) in [5.74, 6) is 0.668. The van der Waals surface area contributed by atoms with Crippen LogP contribution in [0, 0.1) is 11.3 Å². The number of ether oxygens (including phenoxy) is 3. The molecule has 0 bridgehead atoms. The normalized spacial score (nSPS) is 11.2. The summed E-state index contributed by atoms with van der Waals surface area (Å²) in [5.41, 5.74) is 2.42. The van der Waals surface area contributed by atoms with Crippen LogP contribution in [-0.4, -0.2) is 41.4 Å². The first-order chi connectivity index (χ1) is 14.4. The van der Waals surface area contributed by atoms with Crippen LogP contribution < -0.4 is 14.2 Å². The van der Waals surface area contributed by atoms with E-state index in [1.807, 2.05) is 6.92 Å². The van der Waals surface area contributed by atoms with Gasteiger partial charge in [-0.25, -0.2) is 9.78 Å². The number of nitrogens with zero attached hydrogens (tertiary/aromatic N) is 2. The summed E-state index contributed by atoms with van der Waals surface area (Å²) in [6.07, 6.45) is 1.66. The lowest BCUT2D eigenvalue weighted by Gasteiger charge is -2.13. The molecule has 1 heterocycles. The van der Waals surface area contributed by atoms with Gasteiger partial charge in [0.15, 0.2) is 18.1 Å². The van der Waals surface area contributed by atoms with Gasteiger partial charge in [-0.15, -0.1) is 0 Å². The third kappa shape index (κ3) is 4.72. The van der Waals surface area contributed by atoms with Crippen molar-refractivity contribution in [2.75, 3.05) is 20.3 Å². The number of benzene rings is 2. The summed E-state index contributed by atoms with van der Waals surface area (Å²) in [6.45, 7) is 1.68. The number of nitriles is 1. The number of imidazole rings is 1. The summed E-state index contributed by atoms with van der Waals surface area (Å²) >= 11 is 3.44. The molecule has 3 aromatic rings. The van der Waals surface area contributed by atoms with E-state index in [1.54, 1.807) is 43.5 Å². The highest BCUT2D eigenvalue weighted by Gasteiger charge is 2.14. The van der Waals surface area contributed by atoms with Crippen molar-refractivity contribution in [1.82, 2.24) is 9.97 Å². The Morgan fingerprint density at radius 1 is 1.30 bits per heavy atom. The lowest BCUT2D eigenvalue weighted by molar-refractivity contribution is -0.139. The summed E-state index contributed by atoms with van der Waals surface area (Å²) in [6, 6.07) is 10.8. The fraction of sp³-hybridized carbons (Fsp3) is 0.190. The monoisotopic (exact) mass is 471 g/mol. The van der Waals surface area contributed by atoms with Crippen LogP contribution in [0.15, 0.2) is 34.8 Å². The Hall–Kier alpha value is -3.51. The number of H-pyrrole nitrogens is 1. The van der Waals surface area contributed by atoms with E-state index in [1.165, 1.54) is 0 Å². The minimum atomic E-state index is -1.09. The van der Waals surface area contributed by atoms with Crippen molar-refractivity contribution < 1.29 is 24.1 Å². The Morgan fingerprint density at radius 2 is 2.07 bits per heavy atom.